The van der Waals surface area contributed by atoms with Crippen molar-refractivity contribution in [1.29, 1.82) is 0 Å². The average Bonchev–Trinajstić information content (AvgIpc) is 3.17. The molecule has 1 atom stereocenters. The molecule has 1 saturated heterocycles. The standard InChI is InChI=1S/C14H16N4O2/c19-14(15-9-12-7-4-8-20-12)13-10-16-18(17-13)11-5-2-1-3-6-11/h1-3,5-6,10,12H,4,7-9H2,(H,15,19). The Bertz CT molecular complexity index is 576. The van der Waals surface area contributed by atoms with Crippen LogP contribution in [0.3, 0.4) is 0 Å². The molecule has 0 aliphatic carbocycles. The lowest BCUT2D eigenvalue weighted by molar-refractivity contribution is 0.0853. The molecule has 1 aromatic carbocycles. The van der Waals surface area contributed by atoms with Crippen molar-refractivity contribution in [2.45, 2.75) is 18.9 Å². The molecule has 20 heavy (non-hydrogen) atoms. The Balaban J connectivity index is 1.62. The number of carbonyl (C=O) groups excluding carboxylic acids is 1. The molecule has 2 aromatic rings. The maximum absolute atomic E-state index is 12.0. The molecule has 6 nitrogen and oxygen atoms in total. The zero-order valence-electron chi connectivity index (χ0n) is 11.0. The van der Waals surface area contributed by atoms with Crippen molar-refractivity contribution in [3.63, 3.8) is 0 Å². The molecule has 2 heterocycles. The molecule has 1 aliphatic rings. The van der Waals surface area contributed by atoms with Crippen molar-refractivity contribution in [3.05, 3.63) is 42.2 Å². The lowest BCUT2D eigenvalue weighted by Gasteiger charge is -2.09. The van der Waals surface area contributed by atoms with Crippen LogP contribution in [0.4, 0.5) is 0 Å². The van der Waals surface area contributed by atoms with E-state index in [1.54, 1.807) is 0 Å². The minimum Gasteiger partial charge on any atom is -0.376 e. The Labute approximate surface area is 116 Å². The first-order chi connectivity index (χ1) is 9.83. The van der Waals surface area contributed by atoms with E-state index >= 15 is 0 Å². The summed E-state index contributed by atoms with van der Waals surface area (Å²) >= 11 is 0. The van der Waals surface area contributed by atoms with E-state index in [4.69, 9.17) is 4.74 Å². The van der Waals surface area contributed by atoms with Crippen LogP contribution in [0.5, 0.6) is 0 Å². The number of rotatable bonds is 4. The second kappa shape index (κ2) is 5.83. The van der Waals surface area contributed by atoms with Crippen LogP contribution in [-0.4, -0.2) is 40.2 Å². The largest absolute Gasteiger partial charge is 0.376 e. The predicted molar refractivity (Wildman–Crippen MR) is 72.7 cm³/mol. The van der Waals surface area contributed by atoms with Gasteiger partial charge in [0.1, 0.15) is 0 Å². The molecule has 0 saturated carbocycles. The number of nitrogens with one attached hydrogen (secondary N) is 1. The molecule has 104 valence electrons. The first-order valence-corrected chi connectivity index (χ1v) is 6.70. The number of hydrogen-bond acceptors (Lipinski definition) is 4. The van der Waals surface area contributed by atoms with Gasteiger partial charge in [0.05, 0.1) is 18.0 Å². The van der Waals surface area contributed by atoms with Crippen molar-refractivity contribution >= 4 is 5.91 Å². The van der Waals surface area contributed by atoms with Crippen LogP contribution in [0.1, 0.15) is 23.3 Å². The Morgan fingerprint density at radius 1 is 1.40 bits per heavy atom. The van der Waals surface area contributed by atoms with E-state index in [1.807, 2.05) is 30.3 Å². The number of aromatic nitrogens is 3. The smallest absolute Gasteiger partial charge is 0.273 e. The van der Waals surface area contributed by atoms with Crippen molar-refractivity contribution < 1.29 is 9.53 Å². The summed E-state index contributed by atoms with van der Waals surface area (Å²) in [4.78, 5) is 13.4. The highest BCUT2D eigenvalue weighted by Crippen LogP contribution is 2.10. The molecule has 1 fully saturated rings. The van der Waals surface area contributed by atoms with Crippen molar-refractivity contribution in [2.24, 2.45) is 0 Å². The van der Waals surface area contributed by atoms with Gasteiger partial charge in [-0.3, -0.25) is 4.79 Å². The Hall–Kier alpha value is -2.21. The lowest BCUT2D eigenvalue weighted by Crippen LogP contribution is -2.32. The van der Waals surface area contributed by atoms with Crippen LogP contribution in [0.15, 0.2) is 36.5 Å². The van der Waals surface area contributed by atoms with Gasteiger partial charge >= 0.3 is 0 Å². The first kappa shape index (κ1) is 12.8. The molecule has 3 rings (SSSR count). The third kappa shape index (κ3) is 2.85. The highest BCUT2D eigenvalue weighted by Gasteiger charge is 2.18. The van der Waals surface area contributed by atoms with Crippen LogP contribution < -0.4 is 5.32 Å². The first-order valence-electron chi connectivity index (χ1n) is 6.70. The monoisotopic (exact) mass is 272 g/mol. The number of ether oxygens (including phenoxy) is 1. The second-order valence-corrected chi connectivity index (χ2v) is 4.70. The summed E-state index contributed by atoms with van der Waals surface area (Å²) in [6.07, 6.45) is 3.66. The fourth-order valence-electron chi connectivity index (χ4n) is 2.16. The topological polar surface area (TPSA) is 69.0 Å². The highest BCUT2D eigenvalue weighted by atomic mass is 16.5. The molecule has 0 radical (unpaired) electrons. The van der Waals surface area contributed by atoms with Crippen molar-refractivity contribution in [2.75, 3.05) is 13.2 Å². The number of nitrogens with zero attached hydrogens (tertiary/aromatic N) is 3. The maximum Gasteiger partial charge on any atom is 0.273 e. The number of benzene rings is 1. The fourth-order valence-corrected chi connectivity index (χ4v) is 2.16. The van der Waals surface area contributed by atoms with E-state index in [0.717, 1.165) is 25.1 Å². The van der Waals surface area contributed by atoms with Gasteiger partial charge in [-0.25, -0.2) is 0 Å². The van der Waals surface area contributed by atoms with Gasteiger partial charge in [-0.05, 0) is 25.0 Å². The summed E-state index contributed by atoms with van der Waals surface area (Å²) < 4.78 is 5.46. The van der Waals surface area contributed by atoms with Gasteiger partial charge < -0.3 is 10.1 Å². The van der Waals surface area contributed by atoms with Gasteiger partial charge in [0.15, 0.2) is 5.69 Å². The summed E-state index contributed by atoms with van der Waals surface area (Å²) in [5, 5.41) is 11.1. The minimum absolute atomic E-state index is 0.128. The maximum atomic E-state index is 12.0. The molecule has 0 spiro atoms. The summed E-state index contributed by atoms with van der Waals surface area (Å²) in [5.41, 5.74) is 1.14. The molecule has 6 heteroatoms. The number of hydrogen-bond donors (Lipinski definition) is 1. The van der Waals surface area contributed by atoms with Crippen LogP contribution in [0, 0.1) is 0 Å². The van der Waals surface area contributed by atoms with Gasteiger partial charge in [-0.15, -0.1) is 5.10 Å². The molecule has 1 amide bonds. The van der Waals surface area contributed by atoms with Crippen LogP contribution in [-0.2, 0) is 4.74 Å². The molecular formula is C14H16N4O2. The van der Waals surface area contributed by atoms with Gasteiger partial charge in [-0.2, -0.15) is 9.90 Å². The SMILES string of the molecule is O=C(NCC1CCCO1)c1cnn(-c2ccccc2)n1. The average molecular weight is 272 g/mol. The summed E-state index contributed by atoms with van der Waals surface area (Å²) in [7, 11) is 0. The Morgan fingerprint density at radius 3 is 3.00 bits per heavy atom. The van der Waals surface area contributed by atoms with E-state index in [0.29, 0.717) is 12.2 Å². The Morgan fingerprint density at radius 2 is 2.25 bits per heavy atom. The van der Waals surface area contributed by atoms with E-state index < -0.39 is 0 Å². The van der Waals surface area contributed by atoms with Crippen molar-refractivity contribution in [1.82, 2.24) is 20.3 Å². The zero-order valence-corrected chi connectivity index (χ0v) is 11.0. The number of para-hydroxylation sites is 1. The second-order valence-electron chi connectivity index (χ2n) is 4.70. The fraction of sp³-hybridized carbons (Fsp3) is 0.357. The summed E-state index contributed by atoms with van der Waals surface area (Å²) in [6.45, 7) is 1.31. The van der Waals surface area contributed by atoms with Gasteiger partial charge in [-0.1, -0.05) is 18.2 Å². The molecule has 1 N–H and O–H groups in total. The normalized spacial score (nSPS) is 18.1. The van der Waals surface area contributed by atoms with Gasteiger partial charge in [0.2, 0.25) is 0 Å². The summed E-state index contributed by atoms with van der Waals surface area (Å²) in [6, 6.07) is 9.48. The molecular weight excluding hydrogens is 256 g/mol. The molecule has 1 aromatic heterocycles. The molecule has 0 bridgehead atoms. The summed E-state index contributed by atoms with van der Waals surface area (Å²) in [5.74, 6) is -0.220. The zero-order chi connectivity index (χ0) is 13.8. The Kier molecular flexibility index (Phi) is 3.73. The van der Waals surface area contributed by atoms with Crippen molar-refractivity contribution in [3.8, 4) is 5.69 Å². The van der Waals surface area contributed by atoms with E-state index in [9.17, 15) is 4.79 Å². The highest BCUT2D eigenvalue weighted by molar-refractivity contribution is 5.91. The third-order valence-corrected chi connectivity index (χ3v) is 3.23. The lowest BCUT2D eigenvalue weighted by atomic mass is 10.2. The van der Waals surface area contributed by atoms with E-state index in [2.05, 4.69) is 15.5 Å². The van der Waals surface area contributed by atoms with Crippen LogP contribution in [0.2, 0.25) is 0 Å². The molecule has 1 unspecified atom stereocenters. The van der Waals surface area contributed by atoms with E-state index in [-0.39, 0.29) is 12.0 Å². The van der Waals surface area contributed by atoms with E-state index in [1.165, 1.54) is 11.0 Å². The van der Waals surface area contributed by atoms with Crippen LogP contribution in [0.25, 0.3) is 5.69 Å². The molecule has 1 aliphatic heterocycles. The number of amides is 1. The van der Waals surface area contributed by atoms with Crippen LogP contribution >= 0.6 is 0 Å². The quantitative estimate of drug-likeness (QED) is 0.907. The van der Waals surface area contributed by atoms with Gasteiger partial charge in [0.25, 0.3) is 5.91 Å². The predicted octanol–water partition coefficient (Wildman–Crippen LogP) is 1.18. The minimum atomic E-state index is -0.220. The van der Waals surface area contributed by atoms with Gasteiger partial charge in [0, 0.05) is 13.2 Å². The number of carbonyl (C=O) groups is 1. The third-order valence-electron chi connectivity index (χ3n) is 3.23.